The quantitative estimate of drug-likeness (QED) is 0.222. The Morgan fingerprint density at radius 2 is 1.04 bits per heavy atom. The summed E-state index contributed by atoms with van der Waals surface area (Å²) in [5.74, 6) is 4.09. The summed E-state index contributed by atoms with van der Waals surface area (Å²) >= 11 is 0. The van der Waals surface area contributed by atoms with Crippen molar-refractivity contribution in [1.29, 1.82) is 0 Å². The van der Waals surface area contributed by atoms with E-state index >= 15 is 0 Å². The van der Waals surface area contributed by atoms with E-state index in [1.165, 1.54) is 0 Å². The molecular weight excluding hydrogens is 592 g/mol. The van der Waals surface area contributed by atoms with Gasteiger partial charge < -0.3 is 34.6 Å². The second-order valence-electron chi connectivity index (χ2n) is 12.4. The number of rotatable bonds is 12. The lowest BCUT2D eigenvalue weighted by atomic mass is 10.1. The van der Waals surface area contributed by atoms with Gasteiger partial charge in [-0.2, -0.15) is 0 Å². The van der Waals surface area contributed by atoms with Gasteiger partial charge in [0.2, 0.25) is 0 Å². The standard InChI is InChI=1S/C36H46N8O3/c1-25-9-5-7-11-31(25)45-23-27(3)29-21-39-35(33(41-29)43-17-13-37-14-18-43)47-36-34(44-19-15-38-16-20-44)42-30(22-40-36)28(4)24-46-32-12-8-6-10-26(32)2/h5-12,21-22,27-28,37-38H,13-20,23-24H2,1-4H3. The molecule has 2 aromatic heterocycles. The molecule has 47 heavy (non-hydrogen) atoms. The van der Waals surface area contributed by atoms with Crippen LogP contribution in [0.15, 0.2) is 60.9 Å². The molecule has 11 nitrogen and oxygen atoms in total. The molecule has 2 aliphatic rings. The number of benzene rings is 2. The average molecular weight is 639 g/mol. The number of aromatic nitrogens is 4. The Balaban J connectivity index is 1.26. The summed E-state index contributed by atoms with van der Waals surface area (Å²) in [6.07, 6.45) is 3.59. The van der Waals surface area contributed by atoms with Crippen molar-refractivity contribution in [2.45, 2.75) is 39.5 Å². The Kier molecular flexibility index (Phi) is 10.6. The van der Waals surface area contributed by atoms with E-state index < -0.39 is 0 Å². The van der Waals surface area contributed by atoms with Crippen LogP contribution in [0, 0.1) is 13.8 Å². The summed E-state index contributed by atoms with van der Waals surface area (Å²) in [5, 5.41) is 6.86. The minimum atomic E-state index is 0.0247. The highest BCUT2D eigenvalue weighted by Crippen LogP contribution is 2.35. The fourth-order valence-electron chi connectivity index (χ4n) is 5.68. The maximum Gasteiger partial charge on any atom is 0.264 e. The first-order valence-electron chi connectivity index (χ1n) is 16.7. The van der Waals surface area contributed by atoms with E-state index in [1.54, 1.807) is 12.4 Å². The summed E-state index contributed by atoms with van der Waals surface area (Å²) in [5.41, 5.74) is 3.92. The number of anilines is 2. The number of para-hydroxylation sites is 2. The van der Waals surface area contributed by atoms with E-state index in [2.05, 4.69) is 60.3 Å². The summed E-state index contributed by atoms with van der Waals surface area (Å²) in [7, 11) is 0. The fraction of sp³-hybridized carbons (Fsp3) is 0.444. The van der Waals surface area contributed by atoms with Gasteiger partial charge in [-0.1, -0.05) is 50.2 Å². The molecule has 2 unspecified atom stereocenters. The fourth-order valence-corrected chi connectivity index (χ4v) is 5.68. The molecule has 0 saturated carbocycles. The van der Waals surface area contributed by atoms with Crippen molar-refractivity contribution < 1.29 is 14.2 Å². The Morgan fingerprint density at radius 3 is 1.45 bits per heavy atom. The number of hydrogen-bond donors (Lipinski definition) is 2. The maximum atomic E-state index is 6.57. The van der Waals surface area contributed by atoms with Crippen LogP contribution in [-0.4, -0.2) is 85.5 Å². The molecular formula is C36H46N8O3. The molecule has 2 atom stereocenters. The molecule has 2 N–H and O–H groups in total. The third-order valence-electron chi connectivity index (χ3n) is 8.68. The van der Waals surface area contributed by atoms with Gasteiger partial charge in [-0.15, -0.1) is 0 Å². The number of piperazine rings is 2. The molecule has 2 aliphatic heterocycles. The van der Waals surface area contributed by atoms with Crippen molar-refractivity contribution in [3.8, 4) is 23.3 Å². The normalized spacial score (nSPS) is 16.4. The number of aryl methyl sites for hydroxylation is 2. The van der Waals surface area contributed by atoms with E-state index in [4.69, 9.17) is 34.1 Å². The van der Waals surface area contributed by atoms with Gasteiger partial charge >= 0.3 is 0 Å². The topological polar surface area (TPSA) is 110 Å². The first kappa shape index (κ1) is 32.5. The lowest BCUT2D eigenvalue weighted by Gasteiger charge is -2.31. The summed E-state index contributed by atoms with van der Waals surface area (Å²) < 4.78 is 18.9. The molecule has 2 fully saturated rings. The summed E-state index contributed by atoms with van der Waals surface area (Å²) in [4.78, 5) is 24.4. The molecule has 6 rings (SSSR count). The largest absolute Gasteiger partial charge is 0.493 e. The zero-order valence-corrected chi connectivity index (χ0v) is 27.9. The monoisotopic (exact) mass is 638 g/mol. The van der Waals surface area contributed by atoms with Crippen LogP contribution in [0.3, 0.4) is 0 Å². The molecule has 0 aliphatic carbocycles. The van der Waals surface area contributed by atoms with Crippen LogP contribution in [-0.2, 0) is 0 Å². The minimum absolute atomic E-state index is 0.0247. The number of nitrogens with one attached hydrogen (secondary N) is 2. The molecule has 2 saturated heterocycles. The van der Waals surface area contributed by atoms with Crippen LogP contribution in [0.25, 0.3) is 0 Å². The zero-order valence-electron chi connectivity index (χ0n) is 27.9. The average Bonchev–Trinajstić information content (AvgIpc) is 3.11. The number of nitrogens with zero attached hydrogens (tertiary/aromatic N) is 6. The van der Waals surface area contributed by atoms with E-state index in [0.29, 0.717) is 36.6 Å². The van der Waals surface area contributed by atoms with Gasteiger partial charge in [0.15, 0.2) is 11.6 Å². The van der Waals surface area contributed by atoms with E-state index in [0.717, 1.165) is 86.4 Å². The van der Waals surface area contributed by atoms with Crippen LogP contribution < -0.4 is 34.6 Å². The van der Waals surface area contributed by atoms with Gasteiger partial charge in [0, 0.05) is 64.2 Å². The first-order chi connectivity index (χ1) is 23.0. The minimum Gasteiger partial charge on any atom is -0.493 e. The molecule has 0 bridgehead atoms. The van der Waals surface area contributed by atoms with Gasteiger partial charge in [0.05, 0.1) is 37.0 Å². The predicted molar refractivity (Wildman–Crippen MR) is 184 cm³/mol. The molecule has 0 spiro atoms. The van der Waals surface area contributed by atoms with Crippen molar-refractivity contribution in [1.82, 2.24) is 30.6 Å². The Morgan fingerprint density at radius 1 is 0.638 bits per heavy atom. The second kappa shape index (κ2) is 15.4. The highest BCUT2D eigenvalue weighted by molar-refractivity contribution is 5.55. The third kappa shape index (κ3) is 8.09. The van der Waals surface area contributed by atoms with Gasteiger partial charge in [-0.25, -0.2) is 19.9 Å². The Hall–Kier alpha value is -4.48. The van der Waals surface area contributed by atoms with Crippen LogP contribution in [0.1, 0.15) is 48.2 Å². The van der Waals surface area contributed by atoms with Gasteiger partial charge in [-0.05, 0) is 37.1 Å². The van der Waals surface area contributed by atoms with Crippen LogP contribution in [0.5, 0.6) is 23.3 Å². The van der Waals surface area contributed by atoms with E-state index in [9.17, 15) is 0 Å². The maximum absolute atomic E-state index is 6.57. The number of ether oxygens (including phenoxy) is 3. The number of hydrogen-bond acceptors (Lipinski definition) is 11. The lowest BCUT2D eigenvalue weighted by Crippen LogP contribution is -2.44. The first-order valence-corrected chi connectivity index (χ1v) is 16.7. The van der Waals surface area contributed by atoms with Crippen molar-refractivity contribution >= 4 is 11.6 Å². The van der Waals surface area contributed by atoms with Gasteiger partial charge in [0.25, 0.3) is 11.8 Å². The third-order valence-corrected chi connectivity index (χ3v) is 8.68. The Bertz CT molecular complexity index is 1500. The smallest absolute Gasteiger partial charge is 0.264 e. The molecule has 4 aromatic rings. The van der Waals surface area contributed by atoms with Gasteiger partial charge in [-0.3, -0.25) is 0 Å². The van der Waals surface area contributed by atoms with E-state index in [-0.39, 0.29) is 11.8 Å². The van der Waals surface area contributed by atoms with Crippen LogP contribution in [0.2, 0.25) is 0 Å². The highest BCUT2D eigenvalue weighted by Gasteiger charge is 2.26. The highest BCUT2D eigenvalue weighted by atomic mass is 16.5. The SMILES string of the molecule is Cc1ccccc1OCC(C)c1cnc(Oc2ncc(C(C)COc3ccccc3C)nc2N2CCNCC2)c(N2CCNCC2)n1. The molecule has 11 heteroatoms. The van der Waals surface area contributed by atoms with Crippen molar-refractivity contribution in [2.75, 3.05) is 75.4 Å². The second-order valence-corrected chi connectivity index (χ2v) is 12.4. The van der Waals surface area contributed by atoms with Crippen molar-refractivity contribution in [3.05, 3.63) is 83.4 Å². The van der Waals surface area contributed by atoms with Gasteiger partial charge in [0.1, 0.15) is 11.5 Å². The van der Waals surface area contributed by atoms with E-state index in [1.807, 2.05) is 36.4 Å². The Labute approximate surface area is 277 Å². The summed E-state index contributed by atoms with van der Waals surface area (Å²) in [6, 6.07) is 16.1. The van der Waals surface area contributed by atoms with Crippen LogP contribution in [0.4, 0.5) is 11.6 Å². The van der Waals surface area contributed by atoms with Crippen molar-refractivity contribution in [3.63, 3.8) is 0 Å². The van der Waals surface area contributed by atoms with Crippen molar-refractivity contribution in [2.24, 2.45) is 0 Å². The molecule has 4 heterocycles. The molecule has 0 radical (unpaired) electrons. The predicted octanol–water partition coefficient (Wildman–Crippen LogP) is 4.86. The molecule has 0 amide bonds. The van der Waals surface area contributed by atoms with Crippen LogP contribution >= 0.6 is 0 Å². The zero-order chi connectivity index (χ0) is 32.6. The molecule has 248 valence electrons. The lowest BCUT2D eigenvalue weighted by molar-refractivity contribution is 0.291. The molecule has 2 aromatic carbocycles. The summed E-state index contributed by atoms with van der Waals surface area (Å²) in [6.45, 7) is 16.0.